The zero-order valence-corrected chi connectivity index (χ0v) is 10.9. The summed E-state index contributed by atoms with van der Waals surface area (Å²) in [4.78, 5) is 8.18. The van der Waals surface area contributed by atoms with Crippen molar-refractivity contribution in [2.45, 2.75) is 13.8 Å². The van der Waals surface area contributed by atoms with Crippen LogP contribution in [0.5, 0.6) is 5.88 Å². The van der Waals surface area contributed by atoms with Gasteiger partial charge in [0.15, 0.2) is 17.5 Å². The number of methoxy groups -OCH3 is 1. The molecule has 0 aliphatic carbocycles. The lowest BCUT2D eigenvalue weighted by molar-refractivity contribution is 0.392. The van der Waals surface area contributed by atoms with Crippen LogP contribution in [-0.2, 0) is 0 Å². The van der Waals surface area contributed by atoms with E-state index in [1.54, 1.807) is 19.1 Å². The van der Waals surface area contributed by atoms with Crippen LogP contribution in [-0.4, -0.2) is 33.8 Å². The predicted octanol–water partition coefficient (Wildman–Crippen LogP) is 1.82. The van der Waals surface area contributed by atoms with Crippen molar-refractivity contribution in [1.29, 1.82) is 0 Å². The SMILES string of the molecule is CCNc1nc(-c2ccc(OC)nn2)nc(C)c1F. The second-order valence-corrected chi connectivity index (χ2v) is 3.79. The van der Waals surface area contributed by atoms with Crippen molar-refractivity contribution in [2.24, 2.45) is 0 Å². The smallest absolute Gasteiger partial charge is 0.233 e. The monoisotopic (exact) mass is 263 g/mol. The van der Waals surface area contributed by atoms with Crippen molar-refractivity contribution in [3.05, 3.63) is 23.6 Å². The molecule has 6 nitrogen and oxygen atoms in total. The van der Waals surface area contributed by atoms with E-state index in [-0.39, 0.29) is 11.5 Å². The van der Waals surface area contributed by atoms with Crippen LogP contribution in [0.2, 0.25) is 0 Å². The second kappa shape index (κ2) is 5.55. The van der Waals surface area contributed by atoms with Crippen LogP contribution < -0.4 is 10.1 Å². The highest BCUT2D eigenvalue weighted by Gasteiger charge is 2.13. The fourth-order valence-corrected chi connectivity index (χ4v) is 1.51. The van der Waals surface area contributed by atoms with E-state index in [4.69, 9.17) is 4.74 Å². The minimum absolute atomic E-state index is 0.169. The zero-order valence-electron chi connectivity index (χ0n) is 10.9. The molecule has 0 amide bonds. The average Bonchev–Trinajstić information content (AvgIpc) is 2.44. The van der Waals surface area contributed by atoms with Crippen LogP contribution in [0.1, 0.15) is 12.6 Å². The van der Waals surface area contributed by atoms with E-state index in [1.807, 2.05) is 6.92 Å². The maximum Gasteiger partial charge on any atom is 0.233 e. The van der Waals surface area contributed by atoms with Gasteiger partial charge in [0, 0.05) is 12.6 Å². The molecule has 0 saturated carbocycles. The summed E-state index contributed by atoms with van der Waals surface area (Å²) in [5.74, 6) is 0.439. The third kappa shape index (κ3) is 2.75. The Morgan fingerprint density at radius 1 is 1.26 bits per heavy atom. The summed E-state index contributed by atoms with van der Waals surface area (Å²) < 4.78 is 18.7. The number of aryl methyl sites for hydroxylation is 1. The molecule has 0 aliphatic rings. The number of aromatic nitrogens is 4. The van der Waals surface area contributed by atoms with Gasteiger partial charge in [-0.25, -0.2) is 14.4 Å². The zero-order chi connectivity index (χ0) is 13.8. The van der Waals surface area contributed by atoms with Crippen LogP contribution in [0, 0.1) is 12.7 Å². The lowest BCUT2D eigenvalue weighted by Gasteiger charge is -2.08. The maximum absolute atomic E-state index is 13.8. The van der Waals surface area contributed by atoms with Crippen molar-refractivity contribution in [3.63, 3.8) is 0 Å². The Hall–Kier alpha value is -2.31. The minimum atomic E-state index is -0.452. The van der Waals surface area contributed by atoms with Gasteiger partial charge in [0.05, 0.1) is 12.8 Å². The number of rotatable bonds is 4. The molecule has 1 N–H and O–H groups in total. The Morgan fingerprint density at radius 2 is 2.05 bits per heavy atom. The third-order valence-corrected chi connectivity index (χ3v) is 2.44. The first-order chi connectivity index (χ1) is 9.15. The Balaban J connectivity index is 2.43. The van der Waals surface area contributed by atoms with Gasteiger partial charge in [0.2, 0.25) is 5.88 Å². The standard InChI is InChI=1S/C12H14FN5O/c1-4-14-12-10(13)7(2)15-11(16-12)8-5-6-9(19-3)18-17-8/h5-6H,4H2,1-3H3,(H,14,15,16). The minimum Gasteiger partial charge on any atom is -0.480 e. The molecule has 0 fully saturated rings. The molecule has 100 valence electrons. The van der Waals surface area contributed by atoms with Crippen molar-refractivity contribution in [1.82, 2.24) is 20.2 Å². The van der Waals surface area contributed by atoms with E-state index in [2.05, 4.69) is 25.5 Å². The molecule has 0 radical (unpaired) electrons. The highest BCUT2D eigenvalue weighted by Crippen LogP contribution is 2.20. The Labute approximate surface area is 110 Å². The second-order valence-electron chi connectivity index (χ2n) is 3.79. The number of halogens is 1. The maximum atomic E-state index is 13.8. The Morgan fingerprint density at radius 3 is 2.63 bits per heavy atom. The van der Waals surface area contributed by atoms with Crippen LogP contribution in [0.25, 0.3) is 11.5 Å². The normalized spacial score (nSPS) is 10.3. The molecular formula is C12H14FN5O. The lowest BCUT2D eigenvalue weighted by Crippen LogP contribution is -2.07. The first-order valence-electron chi connectivity index (χ1n) is 5.81. The highest BCUT2D eigenvalue weighted by atomic mass is 19.1. The van der Waals surface area contributed by atoms with Gasteiger partial charge in [0.1, 0.15) is 5.69 Å². The quantitative estimate of drug-likeness (QED) is 0.907. The van der Waals surface area contributed by atoms with E-state index in [0.717, 1.165) is 0 Å². The van der Waals surface area contributed by atoms with Crippen LogP contribution in [0.4, 0.5) is 10.2 Å². The first-order valence-corrected chi connectivity index (χ1v) is 5.81. The number of ether oxygens (including phenoxy) is 1. The van der Waals surface area contributed by atoms with Gasteiger partial charge in [-0.3, -0.25) is 0 Å². The van der Waals surface area contributed by atoms with Crippen molar-refractivity contribution in [2.75, 3.05) is 19.0 Å². The van der Waals surface area contributed by atoms with Gasteiger partial charge in [-0.1, -0.05) is 0 Å². The summed E-state index contributed by atoms with van der Waals surface area (Å²) in [7, 11) is 1.51. The van der Waals surface area contributed by atoms with Gasteiger partial charge < -0.3 is 10.1 Å². The van der Waals surface area contributed by atoms with Crippen molar-refractivity contribution in [3.8, 4) is 17.4 Å². The molecule has 2 rings (SSSR count). The Kier molecular flexibility index (Phi) is 3.84. The largest absolute Gasteiger partial charge is 0.480 e. The summed E-state index contributed by atoms with van der Waals surface area (Å²) in [5.41, 5.74) is 0.724. The van der Waals surface area contributed by atoms with Crippen LogP contribution in [0.3, 0.4) is 0 Å². The molecule has 0 aromatic carbocycles. The van der Waals surface area contributed by atoms with E-state index < -0.39 is 5.82 Å². The van der Waals surface area contributed by atoms with Crippen molar-refractivity contribution < 1.29 is 9.13 Å². The van der Waals surface area contributed by atoms with E-state index in [1.165, 1.54) is 7.11 Å². The molecule has 2 aromatic heterocycles. The van der Waals surface area contributed by atoms with Gasteiger partial charge in [-0.05, 0) is 19.9 Å². The Bertz CT molecular complexity index is 573. The molecule has 7 heteroatoms. The average molecular weight is 263 g/mol. The topological polar surface area (TPSA) is 72.8 Å². The summed E-state index contributed by atoms with van der Waals surface area (Å²) in [6, 6.07) is 3.32. The fraction of sp³-hybridized carbons (Fsp3) is 0.333. The molecule has 2 heterocycles. The molecule has 0 bridgehead atoms. The molecule has 19 heavy (non-hydrogen) atoms. The predicted molar refractivity (Wildman–Crippen MR) is 68.5 cm³/mol. The van der Waals surface area contributed by atoms with Crippen LogP contribution in [0.15, 0.2) is 12.1 Å². The molecule has 0 spiro atoms. The van der Waals surface area contributed by atoms with E-state index >= 15 is 0 Å². The molecular weight excluding hydrogens is 249 g/mol. The first kappa shape index (κ1) is 13.1. The van der Waals surface area contributed by atoms with Gasteiger partial charge in [-0.15, -0.1) is 10.2 Å². The number of nitrogens with zero attached hydrogens (tertiary/aromatic N) is 4. The molecule has 0 atom stereocenters. The lowest BCUT2D eigenvalue weighted by atomic mass is 10.3. The third-order valence-electron chi connectivity index (χ3n) is 2.44. The number of hydrogen-bond donors (Lipinski definition) is 1. The molecule has 0 aliphatic heterocycles. The number of hydrogen-bond acceptors (Lipinski definition) is 6. The van der Waals surface area contributed by atoms with Gasteiger partial charge >= 0.3 is 0 Å². The molecule has 2 aromatic rings. The number of anilines is 1. The van der Waals surface area contributed by atoms with Gasteiger partial charge in [0.25, 0.3) is 0 Å². The number of nitrogens with one attached hydrogen (secondary N) is 1. The van der Waals surface area contributed by atoms with Gasteiger partial charge in [-0.2, -0.15) is 0 Å². The summed E-state index contributed by atoms with van der Waals surface area (Å²) >= 11 is 0. The van der Waals surface area contributed by atoms with E-state index in [0.29, 0.717) is 23.9 Å². The van der Waals surface area contributed by atoms with E-state index in [9.17, 15) is 4.39 Å². The summed E-state index contributed by atoms with van der Waals surface area (Å²) in [6.07, 6.45) is 0. The molecule has 0 unspecified atom stereocenters. The van der Waals surface area contributed by atoms with Crippen molar-refractivity contribution >= 4 is 5.82 Å². The summed E-state index contributed by atoms with van der Waals surface area (Å²) in [6.45, 7) is 4.02. The summed E-state index contributed by atoms with van der Waals surface area (Å²) in [5, 5.41) is 10.6. The van der Waals surface area contributed by atoms with Crippen LogP contribution >= 0.6 is 0 Å². The molecule has 0 saturated heterocycles. The highest BCUT2D eigenvalue weighted by molar-refractivity contribution is 5.53. The fourth-order valence-electron chi connectivity index (χ4n) is 1.51.